The molecule has 158 valence electrons. The molecule has 0 saturated heterocycles. The summed E-state index contributed by atoms with van der Waals surface area (Å²) in [6, 6.07) is 19.5. The van der Waals surface area contributed by atoms with Gasteiger partial charge in [-0.05, 0) is 47.2 Å². The van der Waals surface area contributed by atoms with E-state index in [1.54, 1.807) is 0 Å². The minimum absolute atomic E-state index is 0.0191. The number of fused-ring (bicyclic) bond motifs is 8. The summed E-state index contributed by atoms with van der Waals surface area (Å²) in [4.78, 5) is 33.9. The van der Waals surface area contributed by atoms with E-state index in [1.165, 1.54) is 0 Å². The predicted molar refractivity (Wildman–Crippen MR) is 137 cm³/mol. The molecular weight excluding hydrogens is 408 g/mol. The van der Waals surface area contributed by atoms with Gasteiger partial charge in [0, 0.05) is 32.1 Å². The summed E-state index contributed by atoms with van der Waals surface area (Å²) in [6.07, 6.45) is 5.40. The highest BCUT2D eigenvalue weighted by Gasteiger charge is 2.14. The molecule has 0 amide bonds. The van der Waals surface area contributed by atoms with E-state index in [1.807, 2.05) is 60.7 Å². The first-order valence-electron chi connectivity index (χ1n) is 11.3. The molecule has 0 bridgehead atoms. The fourth-order valence-corrected chi connectivity index (χ4v) is 5.34. The number of nitrogens with one attached hydrogen (secondary N) is 2. The SMILES string of the molecule is CC1C=c2ccc3c(=O)c4cc5[nH]c6c(ccc7ccccc76)c(=O)c5cc4[nH]c3c2=CC1. The highest BCUT2D eigenvalue weighted by atomic mass is 16.1. The smallest absolute Gasteiger partial charge is 0.197 e. The number of H-pyrrole nitrogens is 2. The van der Waals surface area contributed by atoms with Gasteiger partial charge in [0.15, 0.2) is 10.9 Å². The van der Waals surface area contributed by atoms with Crippen molar-refractivity contribution in [2.45, 2.75) is 13.3 Å². The van der Waals surface area contributed by atoms with Crippen molar-refractivity contribution in [3.63, 3.8) is 0 Å². The van der Waals surface area contributed by atoms with Gasteiger partial charge in [-0.1, -0.05) is 55.5 Å². The lowest BCUT2D eigenvalue weighted by atomic mass is 9.97. The van der Waals surface area contributed by atoms with Crippen molar-refractivity contribution >= 4 is 66.5 Å². The van der Waals surface area contributed by atoms with Gasteiger partial charge in [0.05, 0.1) is 22.1 Å². The molecule has 4 nitrogen and oxygen atoms in total. The zero-order valence-electron chi connectivity index (χ0n) is 18.0. The van der Waals surface area contributed by atoms with Crippen LogP contribution in [0.5, 0.6) is 0 Å². The molecule has 2 N–H and O–H groups in total. The van der Waals surface area contributed by atoms with Gasteiger partial charge in [0.1, 0.15) is 0 Å². The third-order valence-electron chi connectivity index (χ3n) is 7.02. The molecule has 1 unspecified atom stereocenters. The van der Waals surface area contributed by atoms with Gasteiger partial charge in [0.25, 0.3) is 0 Å². The van der Waals surface area contributed by atoms with Gasteiger partial charge in [-0.15, -0.1) is 0 Å². The Morgan fingerprint density at radius 2 is 1.39 bits per heavy atom. The van der Waals surface area contributed by atoms with Gasteiger partial charge < -0.3 is 9.97 Å². The molecule has 4 heteroatoms. The van der Waals surface area contributed by atoms with Crippen LogP contribution in [0.2, 0.25) is 0 Å². The highest BCUT2D eigenvalue weighted by Crippen LogP contribution is 2.26. The number of pyridine rings is 2. The molecule has 0 spiro atoms. The zero-order valence-corrected chi connectivity index (χ0v) is 18.0. The average molecular weight is 428 g/mol. The Kier molecular flexibility index (Phi) is 3.58. The number of hydrogen-bond donors (Lipinski definition) is 2. The summed E-state index contributed by atoms with van der Waals surface area (Å²) in [6.45, 7) is 2.19. The van der Waals surface area contributed by atoms with Crippen molar-refractivity contribution in [3.05, 3.63) is 91.5 Å². The monoisotopic (exact) mass is 428 g/mol. The van der Waals surface area contributed by atoms with Crippen molar-refractivity contribution in [3.8, 4) is 0 Å². The normalized spacial score (nSPS) is 15.7. The van der Waals surface area contributed by atoms with Gasteiger partial charge in [-0.3, -0.25) is 9.59 Å². The molecule has 33 heavy (non-hydrogen) atoms. The lowest BCUT2D eigenvalue weighted by molar-refractivity contribution is 0.801. The molecule has 6 aromatic rings. The maximum Gasteiger partial charge on any atom is 0.197 e. The molecule has 1 atom stereocenters. The van der Waals surface area contributed by atoms with Crippen LogP contribution in [0.4, 0.5) is 0 Å². The predicted octanol–water partition coefficient (Wildman–Crippen LogP) is 4.43. The van der Waals surface area contributed by atoms with Gasteiger partial charge >= 0.3 is 0 Å². The van der Waals surface area contributed by atoms with E-state index in [0.29, 0.717) is 38.5 Å². The molecule has 1 aliphatic carbocycles. The summed E-state index contributed by atoms with van der Waals surface area (Å²) in [5.74, 6) is 0.481. The van der Waals surface area contributed by atoms with Crippen LogP contribution in [0, 0.1) is 5.92 Å². The maximum absolute atomic E-state index is 13.5. The molecule has 2 aromatic heterocycles. The number of aromatic amines is 2. The van der Waals surface area contributed by atoms with Gasteiger partial charge in [0.2, 0.25) is 0 Å². The molecule has 1 aliphatic rings. The van der Waals surface area contributed by atoms with Crippen LogP contribution in [0.3, 0.4) is 0 Å². The Hall–Kier alpha value is -4.18. The second kappa shape index (κ2) is 6.42. The average Bonchev–Trinajstić information content (AvgIpc) is 2.83. The Bertz CT molecular complexity index is 2060. The molecule has 4 aromatic carbocycles. The maximum atomic E-state index is 13.5. The molecular formula is C29H20N2O2. The topological polar surface area (TPSA) is 65.7 Å². The van der Waals surface area contributed by atoms with Crippen LogP contribution in [0.1, 0.15) is 13.3 Å². The lowest BCUT2D eigenvalue weighted by Gasteiger charge is -2.11. The first kappa shape index (κ1) is 18.4. The van der Waals surface area contributed by atoms with Crippen molar-refractivity contribution in [2.75, 3.05) is 0 Å². The quantitative estimate of drug-likeness (QED) is 0.278. The zero-order chi connectivity index (χ0) is 22.3. The van der Waals surface area contributed by atoms with E-state index >= 15 is 0 Å². The van der Waals surface area contributed by atoms with Crippen molar-refractivity contribution in [1.82, 2.24) is 9.97 Å². The fourth-order valence-electron chi connectivity index (χ4n) is 5.34. The molecule has 0 radical (unpaired) electrons. The number of aromatic nitrogens is 2. The summed E-state index contributed by atoms with van der Waals surface area (Å²) in [7, 11) is 0. The standard InChI is InChI=1S/C29H20N2O2/c1-15-6-9-19-17(12-15)8-11-21-27(19)31-25-14-22-24(13-23(25)29(21)33)30-26-18-5-3-2-4-16(18)7-10-20(26)28(22)32/h2-5,7-15H,6H2,1H3,(H,30,32)(H,31,33). The Morgan fingerprint density at radius 3 is 2.18 bits per heavy atom. The largest absolute Gasteiger partial charge is 0.354 e. The van der Waals surface area contributed by atoms with Crippen LogP contribution in [0.15, 0.2) is 70.3 Å². The fraction of sp³-hybridized carbons (Fsp3) is 0.103. The molecule has 0 aliphatic heterocycles. The lowest BCUT2D eigenvalue weighted by Crippen LogP contribution is -2.31. The van der Waals surface area contributed by atoms with Gasteiger partial charge in [-0.2, -0.15) is 0 Å². The highest BCUT2D eigenvalue weighted by molar-refractivity contribution is 6.10. The minimum Gasteiger partial charge on any atom is -0.354 e. The van der Waals surface area contributed by atoms with E-state index in [0.717, 1.165) is 38.7 Å². The molecule has 0 fully saturated rings. The second-order valence-corrected chi connectivity index (χ2v) is 9.14. The van der Waals surface area contributed by atoms with E-state index in [-0.39, 0.29) is 10.9 Å². The summed E-state index contributed by atoms with van der Waals surface area (Å²) < 4.78 is 0. The molecule has 0 saturated carbocycles. The summed E-state index contributed by atoms with van der Waals surface area (Å²) >= 11 is 0. The third kappa shape index (κ3) is 2.52. The molecule has 7 rings (SSSR count). The number of benzene rings is 4. The van der Waals surface area contributed by atoms with Crippen molar-refractivity contribution in [2.24, 2.45) is 5.92 Å². The minimum atomic E-state index is -0.0313. The van der Waals surface area contributed by atoms with E-state index in [2.05, 4.69) is 29.0 Å². The van der Waals surface area contributed by atoms with Crippen molar-refractivity contribution < 1.29 is 0 Å². The van der Waals surface area contributed by atoms with Crippen LogP contribution in [0.25, 0.3) is 66.5 Å². The first-order valence-corrected chi connectivity index (χ1v) is 11.3. The van der Waals surface area contributed by atoms with Crippen LogP contribution in [-0.2, 0) is 0 Å². The third-order valence-corrected chi connectivity index (χ3v) is 7.02. The van der Waals surface area contributed by atoms with Crippen LogP contribution >= 0.6 is 0 Å². The van der Waals surface area contributed by atoms with Crippen LogP contribution < -0.4 is 21.3 Å². The van der Waals surface area contributed by atoms with Crippen LogP contribution in [-0.4, -0.2) is 9.97 Å². The van der Waals surface area contributed by atoms with E-state index in [9.17, 15) is 9.59 Å². The Balaban J connectivity index is 1.65. The van der Waals surface area contributed by atoms with E-state index < -0.39 is 0 Å². The Morgan fingerprint density at radius 1 is 0.727 bits per heavy atom. The molecule has 2 heterocycles. The number of rotatable bonds is 0. The summed E-state index contributed by atoms with van der Waals surface area (Å²) in [5, 5.41) is 6.77. The second-order valence-electron chi connectivity index (χ2n) is 9.14. The number of hydrogen-bond acceptors (Lipinski definition) is 2. The Labute approximate surface area is 187 Å². The summed E-state index contributed by atoms with van der Waals surface area (Å²) in [5.41, 5.74) is 2.95. The van der Waals surface area contributed by atoms with Gasteiger partial charge in [-0.25, -0.2) is 0 Å². The van der Waals surface area contributed by atoms with Crippen molar-refractivity contribution in [1.29, 1.82) is 0 Å². The van der Waals surface area contributed by atoms with E-state index in [4.69, 9.17) is 0 Å². The first-order chi connectivity index (χ1) is 16.1.